The molecule has 1 N–H and O–H groups in total. The predicted molar refractivity (Wildman–Crippen MR) is 95.7 cm³/mol. The zero-order valence-corrected chi connectivity index (χ0v) is 13.7. The second-order valence-electron chi connectivity index (χ2n) is 5.45. The number of benzene rings is 1. The van der Waals surface area contributed by atoms with Crippen molar-refractivity contribution in [3.05, 3.63) is 71.6 Å². The molecule has 6 heteroatoms. The molecule has 0 amide bonds. The highest BCUT2D eigenvalue weighted by atomic mass is 35.5. The van der Waals surface area contributed by atoms with Gasteiger partial charge in [0.05, 0.1) is 28.3 Å². The van der Waals surface area contributed by atoms with Gasteiger partial charge in [-0.25, -0.2) is 15.0 Å². The molecule has 0 radical (unpaired) electrons. The fraction of sp³-hybridized carbons (Fsp3) is 0.0556. The van der Waals surface area contributed by atoms with Crippen molar-refractivity contribution in [2.24, 2.45) is 0 Å². The van der Waals surface area contributed by atoms with Crippen molar-refractivity contribution in [1.82, 2.24) is 19.4 Å². The molecule has 0 saturated carbocycles. The molecule has 4 aromatic rings. The lowest BCUT2D eigenvalue weighted by atomic mass is 10.2. The first-order valence-electron chi connectivity index (χ1n) is 7.49. The van der Waals surface area contributed by atoms with E-state index in [1.165, 1.54) is 0 Å². The Hall–Kier alpha value is -2.92. The third kappa shape index (κ3) is 2.70. The van der Waals surface area contributed by atoms with Crippen LogP contribution in [-0.4, -0.2) is 19.4 Å². The Balaban J connectivity index is 1.71. The van der Waals surface area contributed by atoms with Gasteiger partial charge in [0.25, 0.3) is 0 Å². The second kappa shape index (κ2) is 5.94. The summed E-state index contributed by atoms with van der Waals surface area (Å²) in [6.45, 7) is 2.00. The van der Waals surface area contributed by atoms with Crippen molar-refractivity contribution in [1.29, 1.82) is 0 Å². The molecule has 0 atom stereocenters. The summed E-state index contributed by atoms with van der Waals surface area (Å²) < 4.78 is 1.99. The van der Waals surface area contributed by atoms with Gasteiger partial charge in [0.2, 0.25) is 5.95 Å². The number of imidazole rings is 1. The van der Waals surface area contributed by atoms with Gasteiger partial charge in [0.15, 0.2) is 0 Å². The van der Waals surface area contributed by atoms with Gasteiger partial charge in [-0.1, -0.05) is 23.7 Å². The monoisotopic (exact) mass is 335 g/mol. The summed E-state index contributed by atoms with van der Waals surface area (Å²) >= 11 is 6.26. The summed E-state index contributed by atoms with van der Waals surface area (Å²) in [6.07, 6.45) is 5.49. The number of anilines is 2. The van der Waals surface area contributed by atoms with E-state index in [2.05, 4.69) is 20.3 Å². The first-order chi connectivity index (χ1) is 11.7. The summed E-state index contributed by atoms with van der Waals surface area (Å²) in [4.78, 5) is 13.3. The molecular formula is C18H14ClN5. The molecule has 4 rings (SSSR count). The maximum Gasteiger partial charge on any atom is 0.227 e. The Morgan fingerprint density at radius 2 is 2.00 bits per heavy atom. The van der Waals surface area contributed by atoms with Crippen LogP contribution in [0, 0.1) is 6.92 Å². The van der Waals surface area contributed by atoms with E-state index in [1.807, 2.05) is 60.0 Å². The molecule has 0 bridgehead atoms. The molecule has 5 nitrogen and oxygen atoms in total. The van der Waals surface area contributed by atoms with Crippen LogP contribution in [0.25, 0.3) is 17.0 Å². The van der Waals surface area contributed by atoms with Gasteiger partial charge < -0.3 is 5.32 Å². The van der Waals surface area contributed by atoms with Gasteiger partial charge in [0.1, 0.15) is 5.65 Å². The van der Waals surface area contributed by atoms with Crippen LogP contribution in [-0.2, 0) is 0 Å². The first-order valence-corrected chi connectivity index (χ1v) is 7.87. The Labute approximate surface area is 144 Å². The Morgan fingerprint density at radius 3 is 2.88 bits per heavy atom. The molecule has 0 saturated heterocycles. The molecule has 0 aliphatic rings. The number of halogens is 1. The molecule has 24 heavy (non-hydrogen) atoms. The number of rotatable bonds is 3. The maximum atomic E-state index is 6.26. The summed E-state index contributed by atoms with van der Waals surface area (Å²) in [5, 5.41) is 3.80. The van der Waals surface area contributed by atoms with E-state index in [9.17, 15) is 0 Å². The molecule has 0 spiro atoms. The number of fused-ring (bicyclic) bond motifs is 1. The summed E-state index contributed by atoms with van der Waals surface area (Å²) in [6, 6.07) is 13.5. The van der Waals surface area contributed by atoms with Crippen molar-refractivity contribution in [2.45, 2.75) is 6.92 Å². The Morgan fingerprint density at radius 1 is 1.08 bits per heavy atom. The van der Waals surface area contributed by atoms with Gasteiger partial charge in [-0.3, -0.25) is 4.40 Å². The van der Waals surface area contributed by atoms with Crippen LogP contribution >= 0.6 is 11.6 Å². The molecule has 0 unspecified atom stereocenters. The normalized spacial score (nSPS) is 10.9. The second-order valence-corrected chi connectivity index (χ2v) is 5.85. The quantitative estimate of drug-likeness (QED) is 0.599. The molecule has 118 valence electrons. The summed E-state index contributed by atoms with van der Waals surface area (Å²) in [5.74, 6) is 0.490. The van der Waals surface area contributed by atoms with Gasteiger partial charge in [-0.05, 0) is 42.8 Å². The first kappa shape index (κ1) is 14.7. The van der Waals surface area contributed by atoms with Crippen molar-refractivity contribution in [2.75, 3.05) is 5.32 Å². The smallest absolute Gasteiger partial charge is 0.227 e. The third-order valence-corrected chi connectivity index (χ3v) is 4.02. The minimum atomic E-state index is 0.490. The van der Waals surface area contributed by atoms with Crippen LogP contribution in [0.3, 0.4) is 0 Å². The molecule has 0 fully saturated rings. The van der Waals surface area contributed by atoms with Crippen LogP contribution in [0.5, 0.6) is 0 Å². The van der Waals surface area contributed by atoms with Crippen molar-refractivity contribution in [3.63, 3.8) is 0 Å². The van der Waals surface area contributed by atoms with Crippen LogP contribution in [0.15, 0.2) is 61.1 Å². The number of nitrogens with zero attached hydrogens (tertiary/aromatic N) is 4. The maximum absolute atomic E-state index is 6.26. The minimum absolute atomic E-state index is 0.490. The lowest BCUT2D eigenvalue weighted by Crippen LogP contribution is -1.99. The highest BCUT2D eigenvalue weighted by molar-refractivity contribution is 6.33. The number of aromatic nitrogens is 4. The Bertz CT molecular complexity index is 1020. The lowest BCUT2D eigenvalue weighted by Gasteiger charge is -2.08. The van der Waals surface area contributed by atoms with Crippen LogP contribution in [0.2, 0.25) is 5.02 Å². The number of hydrogen-bond donors (Lipinski definition) is 1. The van der Waals surface area contributed by atoms with Gasteiger partial charge >= 0.3 is 0 Å². The largest absolute Gasteiger partial charge is 0.323 e. The van der Waals surface area contributed by atoms with E-state index in [1.54, 1.807) is 12.4 Å². The third-order valence-electron chi connectivity index (χ3n) is 3.71. The van der Waals surface area contributed by atoms with Crippen molar-refractivity contribution >= 4 is 28.9 Å². The SMILES string of the molecule is Cc1ccc(Nc2nccc(-c3cnc4ccccn34)n2)c(Cl)c1. The van der Waals surface area contributed by atoms with Crippen molar-refractivity contribution in [3.8, 4) is 11.4 Å². The molecule has 0 aliphatic carbocycles. The lowest BCUT2D eigenvalue weighted by molar-refractivity contribution is 1.13. The zero-order chi connectivity index (χ0) is 16.5. The van der Waals surface area contributed by atoms with E-state index in [0.717, 1.165) is 28.3 Å². The Kier molecular flexibility index (Phi) is 3.63. The van der Waals surface area contributed by atoms with Crippen LogP contribution in [0.4, 0.5) is 11.6 Å². The molecular weight excluding hydrogens is 322 g/mol. The number of hydrogen-bond acceptors (Lipinski definition) is 4. The summed E-state index contributed by atoms with van der Waals surface area (Å²) in [7, 11) is 0. The fourth-order valence-electron chi connectivity index (χ4n) is 2.53. The zero-order valence-electron chi connectivity index (χ0n) is 12.9. The minimum Gasteiger partial charge on any atom is -0.323 e. The topological polar surface area (TPSA) is 55.1 Å². The van der Waals surface area contributed by atoms with Gasteiger partial charge in [-0.2, -0.15) is 0 Å². The predicted octanol–water partition coefficient (Wildman–Crippen LogP) is 4.50. The number of nitrogens with one attached hydrogen (secondary N) is 1. The highest BCUT2D eigenvalue weighted by Gasteiger charge is 2.09. The molecule has 3 aromatic heterocycles. The highest BCUT2D eigenvalue weighted by Crippen LogP contribution is 2.26. The van der Waals surface area contributed by atoms with Crippen LogP contribution in [0.1, 0.15) is 5.56 Å². The average Bonchev–Trinajstić information content (AvgIpc) is 3.02. The average molecular weight is 336 g/mol. The standard InChI is InChI=1S/C18H14ClN5/c1-12-5-6-14(13(19)10-12)22-18-20-8-7-15(23-18)16-11-21-17-4-2-3-9-24(16)17/h2-11H,1H3,(H,20,22,23). The van der Waals surface area contributed by atoms with Crippen LogP contribution < -0.4 is 5.32 Å². The van der Waals surface area contributed by atoms with Gasteiger partial charge in [-0.15, -0.1) is 0 Å². The molecule has 1 aromatic carbocycles. The molecule has 0 aliphatic heterocycles. The van der Waals surface area contributed by atoms with E-state index < -0.39 is 0 Å². The van der Waals surface area contributed by atoms with E-state index in [0.29, 0.717) is 11.0 Å². The summed E-state index contributed by atoms with van der Waals surface area (Å²) in [5.41, 5.74) is 4.45. The number of pyridine rings is 1. The van der Waals surface area contributed by atoms with E-state index >= 15 is 0 Å². The van der Waals surface area contributed by atoms with Gasteiger partial charge in [0, 0.05) is 12.4 Å². The fourth-order valence-corrected chi connectivity index (χ4v) is 2.81. The van der Waals surface area contributed by atoms with E-state index in [4.69, 9.17) is 11.6 Å². The molecule has 3 heterocycles. The van der Waals surface area contributed by atoms with E-state index in [-0.39, 0.29) is 0 Å². The van der Waals surface area contributed by atoms with Crippen molar-refractivity contribution < 1.29 is 0 Å². The number of aryl methyl sites for hydroxylation is 1.